The first-order valence-corrected chi connectivity index (χ1v) is 5.24. The van der Waals surface area contributed by atoms with Crippen LogP contribution in [0.15, 0.2) is 0 Å². The van der Waals surface area contributed by atoms with Crippen LogP contribution in [0.5, 0.6) is 0 Å². The zero-order valence-corrected chi connectivity index (χ0v) is 10.0. The van der Waals surface area contributed by atoms with E-state index in [1.807, 2.05) is 25.3 Å². The summed E-state index contributed by atoms with van der Waals surface area (Å²) in [5, 5.41) is 6.83. The van der Waals surface area contributed by atoms with Crippen LogP contribution in [0.2, 0.25) is 0 Å². The van der Waals surface area contributed by atoms with Crippen LogP contribution < -0.4 is 5.73 Å². The summed E-state index contributed by atoms with van der Waals surface area (Å²) in [6.07, 6.45) is 1.00. The van der Waals surface area contributed by atoms with E-state index in [-0.39, 0.29) is 12.3 Å². The van der Waals surface area contributed by atoms with Gasteiger partial charge in [0.25, 0.3) is 0 Å². The van der Waals surface area contributed by atoms with E-state index in [1.165, 1.54) is 0 Å². The molecule has 15 heavy (non-hydrogen) atoms. The number of aryl methyl sites for hydroxylation is 1. The van der Waals surface area contributed by atoms with Crippen molar-refractivity contribution in [3.63, 3.8) is 0 Å². The van der Waals surface area contributed by atoms with E-state index >= 15 is 0 Å². The maximum Gasteiger partial charge on any atom is 0.219 e. The predicted molar refractivity (Wildman–Crippen MR) is 59.9 cm³/mol. The fraction of sp³-hybridized carbons (Fsp3) is 0.667. The third-order valence-electron chi connectivity index (χ3n) is 2.27. The quantitative estimate of drug-likeness (QED) is 0.758. The van der Waals surface area contributed by atoms with Crippen molar-refractivity contribution >= 4 is 18.1 Å². The molecule has 1 amide bonds. The number of primary amides is 1. The lowest BCUT2D eigenvalue weighted by molar-refractivity contribution is -0.119. The van der Waals surface area contributed by atoms with Gasteiger partial charge in [-0.1, -0.05) is 6.92 Å². The number of carbonyl (C=O) groups is 1. The lowest BCUT2D eigenvalue weighted by Gasteiger charge is -2.26. The van der Waals surface area contributed by atoms with Crippen molar-refractivity contribution in [3.05, 3.63) is 10.6 Å². The Morgan fingerprint density at radius 1 is 1.67 bits per heavy atom. The molecule has 0 aliphatic rings. The van der Waals surface area contributed by atoms with Crippen LogP contribution in [0, 0.1) is 4.77 Å². The number of aromatic nitrogens is 3. The second kappa shape index (κ2) is 4.14. The third-order valence-corrected chi connectivity index (χ3v) is 2.54. The molecule has 0 spiro atoms. The Balaban J connectivity index is 3.18. The van der Waals surface area contributed by atoms with E-state index in [2.05, 4.69) is 10.2 Å². The topological polar surface area (TPSA) is 76.7 Å². The number of hydrogen-bond acceptors (Lipinski definition) is 3. The molecule has 3 N–H and O–H groups in total. The van der Waals surface area contributed by atoms with Crippen LogP contribution >= 0.6 is 12.2 Å². The minimum atomic E-state index is -0.429. The van der Waals surface area contributed by atoms with Crippen LogP contribution in [0.25, 0.3) is 0 Å². The average molecular weight is 228 g/mol. The number of nitrogens with one attached hydrogen (secondary N) is 1. The summed E-state index contributed by atoms with van der Waals surface area (Å²) in [6, 6.07) is 0. The normalized spacial score (nSPS) is 11.7. The van der Waals surface area contributed by atoms with Gasteiger partial charge in [-0.25, -0.2) is 0 Å². The van der Waals surface area contributed by atoms with Gasteiger partial charge in [0.05, 0.1) is 5.54 Å². The third kappa shape index (κ3) is 2.44. The van der Waals surface area contributed by atoms with Crippen molar-refractivity contribution in [2.75, 3.05) is 0 Å². The van der Waals surface area contributed by atoms with Crippen LogP contribution in [0.4, 0.5) is 0 Å². The highest BCUT2D eigenvalue weighted by Gasteiger charge is 2.26. The molecule has 0 saturated heterocycles. The maximum atomic E-state index is 11.0. The average Bonchev–Trinajstić information content (AvgIpc) is 2.44. The van der Waals surface area contributed by atoms with E-state index in [9.17, 15) is 4.79 Å². The molecular formula is C9H16N4OS. The van der Waals surface area contributed by atoms with Crippen molar-refractivity contribution in [1.82, 2.24) is 14.8 Å². The van der Waals surface area contributed by atoms with Gasteiger partial charge in [0.2, 0.25) is 5.91 Å². The van der Waals surface area contributed by atoms with E-state index in [0.29, 0.717) is 4.77 Å². The molecule has 84 valence electrons. The summed E-state index contributed by atoms with van der Waals surface area (Å²) < 4.78 is 2.38. The standard InChI is InChI=1S/C9H16N4OS/c1-4-7-11-12-8(15)13(7)9(2,3)5-6(10)14/h4-5H2,1-3H3,(H2,10,14)(H,12,15). The second-order valence-corrected chi connectivity index (χ2v) is 4.48. The summed E-state index contributed by atoms with van der Waals surface area (Å²) in [5.74, 6) is 0.497. The number of amides is 1. The molecule has 1 heterocycles. The van der Waals surface area contributed by atoms with E-state index in [4.69, 9.17) is 18.0 Å². The Morgan fingerprint density at radius 3 is 2.73 bits per heavy atom. The molecule has 1 aromatic rings. The number of carbonyl (C=O) groups excluding carboxylic acids is 1. The van der Waals surface area contributed by atoms with Gasteiger partial charge in [0.1, 0.15) is 5.82 Å². The molecule has 0 atom stereocenters. The molecule has 1 rings (SSSR count). The van der Waals surface area contributed by atoms with Gasteiger partial charge in [0.15, 0.2) is 4.77 Å². The number of nitrogens with two attached hydrogens (primary N) is 1. The maximum absolute atomic E-state index is 11.0. The Kier molecular flexibility index (Phi) is 3.28. The number of H-pyrrole nitrogens is 1. The molecule has 0 aliphatic carbocycles. The molecule has 0 bridgehead atoms. The van der Waals surface area contributed by atoms with Gasteiger partial charge in [-0.3, -0.25) is 14.5 Å². The van der Waals surface area contributed by atoms with Gasteiger partial charge in [-0.2, -0.15) is 5.10 Å². The summed E-state index contributed by atoms with van der Waals surface area (Å²) in [4.78, 5) is 11.0. The minimum absolute atomic E-state index is 0.244. The van der Waals surface area contributed by atoms with Crippen LogP contribution in [0.3, 0.4) is 0 Å². The molecule has 0 aliphatic heterocycles. The Hall–Kier alpha value is -1.17. The fourth-order valence-corrected chi connectivity index (χ4v) is 2.09. The first-order valence-electron chi connectivity index (χ1n) is 4.83. The monoisotopic (exact) mass is 228 g/mol. The highest BCUT2D eigenvalue weighted by molar-refractivity contribution is 7.71. The van der Waals surface area contributed by atoms with E-state index < -0.39 is 5.54 Å². The number of hydrogen-bond donors (Lipinski definition) is 2. The van der Waals surface area contributed by atoms with Crippen LogP contribution in [-0.4, -0.2) is 20.7 Å². The number of aromatic amines is 1. The van der Waals surface area contributed by atoms with Crippen LogP contribution in [-0.2, 0) is 16.8 Å². The number of rotatable bonds is 4. The summed E-state index contributed by atoms with van der Waals surface area (Å²) in [7, 11) is 0. The second-order valence-electron chi connectivity index (χ2n) is 4.09. The van der Waals surface area contributed by atoms with Gasteiger partial charge >= 0.3 is 0 Å². The fourth-order valence-electron chi connectivity index (χ4n) is 1.70. The van der Waals surface area contributed by atoms with Gasteiger partial charge in [-0.15, -0.1) is 0 Å². The van der Waals surface area contributed by atoms with Crippen molar-refractivity contribution in [3.8, 4) is 0 Å². The Bertz CT molecular complexity index is 418. The van der Waals surface area contributed by atoms with Gasteiger partial charge < -0.3 is 5.73 Å². The lowest BCUT2D eigenvalue weighted by atomic mass is 10.00. The first kappa shape index (κ1) is 11.9. The zero-order chi connectivity index (χ0) is 11.6. The summed E-state index contributed by atoms with van der Waals surface area (Å²) in [6.45, 7) is 5.83. The molecule has 0 saturated carbocycles. The highest BCUT2D eigenvalue weighted by Crippen LogP contribution is 2.21. The van der Waals surface area contributed by atoms with Crippen molar-refractivity contribution in [1.29, 1.82) is 0 Å². The smallest absolute Gasteiger partial charge is 0.219 e. The summed E-state index contributed by atoms with van der Waals surface area (Å²) >= 11 is 5.13. The largest absolute Gasteiger partial charge is 0.370 e. The van der Waals surface area contributed by atoms with E-state index in [1.54, 1.807) is 0 Å². The Morgan fingerprint density at radius 2 is 2.27 bits per heavy atom. The predicted octanol–water partition coefficient (Wildman–Crippen LogP) is 1.11. The minimum Gasteiger partial charge on any atom is -0.370 e. The first-order chi connectivity index (χ1) is 6.88. The lowest BCUT2D eigenvalue weighted by Crippen LogP contribution is -2.33. The molecule has 6 heteroatoms. The molecule has 0 unspecified atom stereocenters. The van der Waals surface area contributed by atoms with Gasteiger partial charge in [0, 0.05) is 12.8 Å². The molecule has 0 fully saturated rings. The Labute approximate surface area is 93.7 Å². The van der Waals surface area contributed by atoms with Gasteiger partial charge in [-0.05, 0) is 26.1 Å². The van der Waals surface area contributed by atoms with Crippen LogP contribution in [0.1, 0.15) is 33.0 Å². The zero-order valence-electron chi connectivity index (χ0n) is 9.20. The molecule has 0 aromatic carbocycles. The van der Waals surface area contributed by atoms with Crippen molar-refractivity contribution in [2.24, 2.45) is 5.73 Å². The van der Waals surface area contributed by atoms with Crippen molar-refractivity contribution < 1.29 is 4.79 Å². The highest BCUT2D eigenvalue weighted by atomic mass is 32.1. The molecule has 5 nitrogen and oxygen atoms in total. The summed E-state index contributed by atoms with van der Waals surface area (Å²) in [5.41, 5.74) is 4.78. The van der Waals surface area contributed by atoms with Crippen molar-refractivity contribution in [2.45, 2.75) is 39.2 Å². The molecule has 1 aromatic heterocycles. The molecule has 0 radical (unpaired) electrons. The van der Waals surface area contributed by atoms with E-state index in [0.717, 1.165) is 12.2 Å². The number of nitrogens with zero attached hydrogens (tertiary/aromatic N) is 2. The molecular weight excluding hydrogens is 212 g/mol. The SMILES string of the molecule is CCc1n[nH]c(=S)n1C(C)(C)CC(N)=O.